The van der Waals surface area contributed by atoms with Gasteiger partial charge < -0.3 is 9.64 Å². The SMILES string of the molecule is Cc1nn(-c2ccccc2)c(C)c1C1COCCN1CCN1CCCC1=O. The molecule has 0 saturated carbocycles. The molecule has 2 fully saturated rings. The molecule has 2 aromatic rings. The average Bonchev–Trinajstić information content (AvgIpc) is 3.23. The quantitative estimate of drug-likeness (QED) is 0.814. The first kappa shape index (κ1) is 18.2. The highest BCUT2D eigenvalue weighted by Gasteiger charge is 2.31. The second-order valence-corrected chi connectivity index (χ2v) is 7.44. The van der Waals surface area contributed by atoms with Crippen molar-refractivity contribution in [3.8, 4) is 5.69 Å². The number of aryl methyl sites for hydroxylation is 1. The van der Waals surface area contributed by atoms with Crippen molar-refractivity contribution in [2.24, 2.45) is 0 Å². The zero-order valence-corrected chi connectivity index (χ0v) is 16.2. The topological polar surface area (TPSA) is 50.6 Å². The van der Waals surface area contributed by atoms with Crippen molar-refractivity contribution in [3.63, 3.8) is 0 Å². The highest BCUT2D eigenvalue weighted by molar-refractivity contribution is 5.78. The summed E-state index contributed by atoms with van der Waals surface area (Å²) in [5, 5.41) is 4.81. The molecule has 1 atom stereocenters. The summed E-state index contributed by atoms with van der Waals surface area (Å²) in [6.45, 7) is 9.12. The molecule has 0 N–H and O–H groups in total. The molecular weight excluding hydrogens is 340 g/mol. The van der Waals surface area contributed by atoms with E-state index in [1.54, 1.807) is 0 Å². The number of nitrogens with zero attached hydrogens (tertiary/aromatic N) is 4. The Labute approximate surface area is 160 Å². The standard InChI is InChI=1S/C21H28N4O2/c1-16-21(17(2)25(22-16)18-7-4-3-5-8-18)19-15-27-14-13-23(19)11-12-24-10-6-9-20(24)26/h3-5,7-8,19H,6,9-15H2,1-2H3. The molecule has 0 radical (unpaired) electrons. The van der Waals surface area contributed by atoms with Gasteiger partial charge in [-0.25, -0.2) is 4.68 Å². The minimum Gasteiger partial charge on any atom is -0.378 e. The summed E-state index contributed by atoms with van der Waals surface area (Å²) in [7, 11) is 0. The number of carbonyl (C=O) groups excluding carboxylic acids is 1. The van der Waals surface area contributed by atoms with E-state index in [4.69, 9.17) is 9.84 Å². The Morgan fingerprint density at radius 1 is 1.15 bits per heavy atom. The first-order chi connectivity index (χ1) is 13.1. The zero-order valence-electron chi connectivity index (χ0n) is 16.2. The van der Waals surface area contributed by atoms with Crippen molar-refractivity contribution >= 4 is 5.91 Å². The second-order valence-electron chi connectivity index (χ2n) is 7.44. The third kappa shape index (κ3) is 3.64. The van der Waals surface area contributed by atoms with Gasteiger partial charge in [-0.05, 0) is 32.4 Å². The fraction of sp³-hybridized carbons (Fsp3) is 0.524. The number of benzene rings is 1. The van der Waals surface area contributed by atoms with Crippen molar-refractivity contribution in [3.05, 3.63) is 47.3 Å². The van der Waals surface area contributed by atoms with Crippen LogP contribution in [0, 0.1) is 13.8 Å². The van der Waals surface area contributed by atoms with Crippen LogP contribution in [-0.2, 0) is 9.53 Å². The number of amides is 1. The summed E-state index contributed by atoms with van der Waals surface area (Å²) in [6, 6.07) is 10.4. The molecule has 6 nitrogen and oxygen atoms in total. The van der Waals surface area contributed by atoms with E-state index in [0.717, 1.165) is 56.3 Å². The van der Waals surface area contributed by atoms with Crippen molar-refractivity contribution in [2.45, 2.75) is 32.7 Å². The number of para-hydroxylation sites is 1. The van der Waals surface area contributed by atoms with Crippen LogP contribution in [0.4, 0.5) is 0 Å². The number of ether oxygens (including phenoxy) is 1. The molecule has 6 heteroatoms. The molecule has 3 heterocycles. The van der Waals surface area contributed by atoms with Crippen LogP contribution in [0.1, 0.15) is 35.8 Å². The lowest BCUT2D eigenvalue weighted by molar-refractivity contribution is -0.128. The van der Waals surface area contributed by atoms with Gasteiger partial charge in [-0.1, -0.05) is 18.2 Å². The summed E-state index contributed by atoms with van der Waals surface area (Å²) in [5.74, 6) is 0.295. The molecule has 0 spiro atoms. The van der Waals surface area contributed by atoms with Crippen LogP contribution in [0.3, 0.4) is 0 Å². The summed E-state index contributed by atoms with van der Waals surface area (Å²) in [6.07, 6.45) is 1.70. The first-order valence-corrected chi connectivity index (χ1v) is 9.86. The fourth-order valence-electron chi connectivity index (χ4n) is 4.32. The van der Waals surface area contributed by atoms with Crippen molar-refractivity contribution in [1.29, 1.82) is 0 Å². The lowest BCUT2D eigenvalue weighted by Gasteiger charge is -2.36. The van der Waals surface area contributed by atoms with Gasteiger partial charge in [0.15, 0.2) is 0 Å². The van der Waals surface area contributed by atoms with Crippen LogP contribution >= 0.6 is 0 Å². The molecule has 4 rings (SSSR count). The Hall–Kier alpha value is -2.18. The number of carbonyl (C=O) groups is 1. The van der Waals surface area contributed by atoms with E-state index in [-0.39, 0.29) is 6.04 Å². The fourth-order valence-corrected chi connectivity index (χ4v) is 4.32. The highest BCUT2D eigenvalue weighted by atomic mass is 16.5. The van der Waals surface area contributed by atoms with E-state index < -0.39 is 0 Å². The number of rotatable bonds is 5. The lowest BCUT2D eigenvalue weighted by Crippen LogP contribution is -2.44. The molecule has 0 aliphatic carbocycles. The lowest BCUT2D eigenvalue weighted by atomic mass is 10.0. The van der Waals surface area contributed by atoms with E-state index in [1.807, 2.05) is 27.8 Å². The van der Waals surface area contributed by atoms with Gasteiger partial charge in [-0.2, -0.15) is 5.10 Å². The number of likely N-dealkylation sites (tertiary alicyclic amines) is 1. The van der Waals surface area contributed by atoms with E-state index in [2.05, 4.69) is 30.9 Å². The van der Waals surface area contributed by atoms with Gasteiger partial charge in [-0.3, -0.25) is 9.69 Å². The maximum atomic E-state index is 11.9. The van der Waals surface area contributed by atoms with E-state index in [9.17, 15) is 4.79 Å². The molecule has 0 bridgehead atoms. The minimum atomic E-state index is 0.189. The molecule has 144 valence electrons. The van der Waals surface area contributed by atoms with Gasteiger partial charge in [0.2, 0.25) is 5.91 Å². The number of hydrogen-bond acceptors (Lipinski definition) is 4. The predicted octanol–water partition coefficient (Wildman–Crippen LogP) is 2.48. The molecule has 27 heavy (non-hydrogen) atoms. The Balaban J connectivity index is 1.56. The average molecular weight is 368 g/mol. The predicted molar refractivity (Wildman–Crippen MR) is 104 cm³/mol. The smallest absolute Gasteiger partial charge is 0.222 e. The van der Waals surface area contributed by atoms with Crippen LogP contribution in [0.5, 0.6) is 0 Å². The Morgan fingerprint density at radius 3 is 2.70 bits per heavy atom. The van der Waals surface area contributed by atoms with Crippen molar-refractivity contribution in [2.75, 3.05) is 39.4 Å². The molecule has 2 aliphatic heterocycles. The van der Waals surface area contributed by atoms with Crippen LogP contribution in [-0.4, -0.2) is 64.9 Å². The Kier molecular flexibility index (Phi) is 5.27. The Morgan fingerprint density at radius 2 is 1.96 bits per heavy atom. The molecule has 1 amide bonds. The largest absolute Gasteiger partial charge is 0.378 e. The van der Waals surface area contributed by atoms with Gasteiger partial charge in [0.05, 0.1) is 30.6 Å². The maximum absolute atomic E-state index is 11.9. The summed E-state index contributed by atoms with van der Waals surface area (Å²) >= 11 is 0. The van der Waals surface area contributed by atoms with Gasteiger partial charge in [-0.15, -0.1) is 0 Å². The number of hydrogen-bond donors (Lipinski definition) is 0. The van der Waals surface area contributed by atoms with Crippen LogP contribution in [0.15, 0.2) is 30.3 Å². The van der Waals surface area contributed by atoms with E-state index in [0.29, 0.717) is 18.9 Å². The second kappa shape index (κ2) is 7.82. The molecular formula is C21H28N4O2. The number of aromatic nitrogens is 2. The van der Waals surface area contributed by atoms with Crippen molar-refractivity contribution < 1.29 is 9.53 Å². The summed E-state index contributed by atoms with van der Waals surface area (Å²) in [5.41, 5.74) is 4.55. The summed E-state index contributed by atoms with van der Waals surface area (Å²) < 4.78 is 7.85. The first-order valence-electron chi connectivity index (χ1n) is 9.86. The summed E-state index contributed by atoms with van der Waals surface area (Å²) in [4.78, 5) is 16.4. The third-order valence-corrected chi connectivity index (χ3v) is 5.75. The zero-order chi connectivity index (χ0) is 18.8. The van der Waals surface area contributed by atoms with Gasteiger partial charge in [0, 0.05) is 43.9 Å². The van der Waals surface area contributed by atoms with Gasteiger partial charge in [0.1, 0.15) is 0 Å². The van der Waals surface area contributed by atoms with Crippen molar-refractivity contribution in [1.82, 2.24) is 19.6 Å². The Bertz CT molecular complexity index is 802. The van der Waals surface area contributed by atoms with E-state index in [1.165, 1.54) is 5.56 Å². The van der Waals surface area contributed by atoms with Crippen LogP contribution < -0.4 is 0 Å². The van der Waals surface area contributed by atoms with Gasteiger partial charge >= 0.3 is 0 Å². The minimum absolute atomic E-state index is 0.189. The molecule has 2 aliphatic rings. The number of morpholine rings is 1. The molecule has 1 aromatic heterocycles. The van der Waals surface area contributed by atoms with Gasteiger partial charge in [0.25, 0.3) is 0 Å². The van der Waals surface area contributed by atoms with Crippen LogP contribution in [0.2, 0.25) is 0 Å². The maximum Gasteiger partial charge on any atom is 0.222 e. The normalized spacial score (nSPS) is 21.2. The van der Waals surface area contributed by atoms with E-state index >= 15 is 0 Å². The third-order valence-electron chi connectivity index (χ3n) is 5.75. The molecule has 2 saturated heterocycles. The molecule has 1 unspecified atom stereocenters. The monoisotopic (exact) mass is 368 g/mol. The molecule has 1 aromatic carbocycles. The van der Waals surface area contributed by atoms with Crippen LogP contribution in [0.25, 0.3) is 5.69 Å². The highest BCUT2D eigenvalue weighted by Crippen LogP contribution is 2.30.